The van der Waals surface area contributed by atoms with Crippen LogP contribution in [0.15, 0.2) is 36.4 Å². The molecular weight excluding hydrogens is 464 g/mol. The Morgan fingerprint density at radius 1 is 1.06 bits per heavy atom. The molecule has 1 aromatic carbocycles. The summed E-state index contributed by atoms with van der Waals surface area (Å²) >= 11 is 0. The highest BCUT2D eigenvalue weighted by Gasteiger charge is 2.76. The highest BCUT2D eigenvalue weighted by molar-refractivity contribution is 5.87. The summed E-state index contributed by atoms with van der Waals surface area (Å²) in [6, 6.07) is 9.27. The van der Waals surface area contributed by atoms with Gasteiger partial charge in [0.25, 0.3) is 0 Å². The minimum absolute atomic E-state index is 0.133. The van der Waals surface area contributed by atoms with Gasteiger partial charge in [0.1, 0.15) is 42.7 Å². The maximum atomic E-state index is 12.3. The molecule has 4 aliphatic rings. The Kier molecular flexibility index (Phi) is 6.96. The number of esters is 1. The van der Waals surface area contributed by atoms with E-state index in [2.05, 4.69) is 0 Å². The first kappa shape index (κ1) is 24.8. The monoisotopic (exact) mass is 494 g/mol. The molecule has 0 unspecified atom stereocenters. The van der Waals surface area contributed by atoms with Gasteiger partial charge in [-0.05, 0) is 18.1 Å². The van der Waals surface area contributed by atoms with Crippen LogP contribution in [-0.4, -0.2) is 106 Å². The summed E-state index contributed by atoms with van der Waals surface area (Å²) in [7, 11) is 0. The molecule has 35 heavy (non-hydrogen) atoms. The Morgan fingerprint density at radius 3 is 2.57 bits per heavy atom. The summed E-state index contributed by atoms with van der Waals surface area (Å²) in [6.07, 6.45) is -6.19. The van der Waals surface area contributed by atoms with Crippen LogP contribution in [0.4, 0.5) is 0 Å². The van der Waals surface area contributed by atoms with E-state index in [0.717, 1.165) is 5.56 Å². The van der Waals surface area contributed by atoms with Crippen molar-refractivity contribution >= 4 is 12.0 Å². The average Bonchev–Trinajstić information content (AvgIpc) is 3.56. The normalized spacial score (nSPS) is 44.6. The van der Waals surface area contributed by atoms with Gasteiger partial charge in [-0.3, -0.25) is 0 Å². The van der Waals surface area contributed by atoms with Crippen LogP contribution in [0.5, 0.6) is 0 Å². The fraction of sp³-hybridized carbons (Fsp3) is 0.625. The number of aliphatic hydroxyl groups is 5. The Morgan fingerprint density at radius 2 is 1.83 bits per heavy atom. The maximum Gasteiger partial charge on any atom is 0.330 e. The molecule has 1 aliphatic carbocycles. The number of carbonyl (C=O) groups is 1. The fourth-order valence-electron chi connectivity index (χ4n) is 5.44. The van der Waals surface area contributed by atoms with Gasteiger partial charge in [0.05, 0.1) is 25.2 Å². The zero-order chi connectivity index (χ0) is 24.7. The van der Waals surface area contributed by atoms with Crippen LogP contribution in [0, 0.1) is 11.8 Å². The predicted molar refractivity (Wildman–Crippen MR) is 116 cm³/mol. The molecule has 0 amide bonds. The van der Waals surface area contributed by atoms with E-state index in [1.54, 1.807) is 6.08 Å². The Labute approximate surface area is 201 Å². The Balaban J connectivity index is 1.27. The van der Waals surface area contributed by atoms with Gasteiger partial charge in [0.2, 0.25) is 0 Å². The maximum absolute atomic E-state index is 12.3. The van der Waals surface area contributed by atoms with E-state index >= 15 is 0 Å². The van der Waals surface area contributed by atoms with Crippen molar-refractivity contribution in [3.8, 4) is 0 Å². The van der Waals surface area contributed by atoms with Gasteiger partial charge in [-0.15, -0.1) is 0 Å². The van der Waals surface area contributed by atoms with Crippen molar-refractivity contribution in [3.63, 3.8) is 0 Å². The van der Waals surface area contributed by atoms with E-state index in [1.165, 1.54) is 6.08 Å². The third-order valence-electron chi connectivity index (χ3n) is 7.34. The van der Waals surface area contributed by atoms with E-state index in [0.29, 0.717) is 6.42 Å². The van der Waals surface area contributed by atoms with Crippen molar-refractivity contribution in [1.82, 2.24) is 0 Å². The number of rotatable bonds is 7. The number of ether oxygens (including phenoxy) is 5. The summed E-state index contributed by atoms with van der Waals surface area (Å²) in [5, 5.41) is 50.6. The van der Waals surface area contributed by atoms with E-state index < -0.39 is 73.3 Å². The smallest absolute Gasteiger partial charge is 0.330 e. The second kappa shape index (κ2) is 9.85. The first-order valence-corrected chi connectivity index (χ1v) is 11.7. The quantitative estimate of drug-likeness (QED) is 0.171. The van der Waals surface area contributed by atoms with Crippen LogP contribution in [0.25, 0.3) is 6.08 Å². The number of fused-ring (bicyclic) bond motifs is 3. The zero-order valence-corrected chi connectivity index (χ0v) is 18.8. The van der Waals surface area contributed by atoms with Gasteiger partial charge in [-0.1, -0.05) is 30.3 Å². The van der Waals surface area contributed by atoms with Crippen LogP contribution in [-0.2, 0) is 28.5 Å². The van der Waals surface area contributed by atoms with E-state index in [9.17, 15) is 30.3 Å². The Bertz CT molecular complexity index is 923. The number of benzene rings is 1. The third kappa shape index (κ3) is 4.52. The molecule has 0 spiro atoms. The molecule has 4 fully saturated rings. The second-order valence-electron chi connectivity index (χ2n) is 9.39. The summed E-state index contributed by atoms with van der Waals surface area (Å²) in [4.78, 5) is 12.3. The lowest BCUT2D eigenvalue weighted by molar-refractivity contribution is -0.356. The molecule has 1 aromatic rings. The van der Waals surface area contributed by atoms with Crippen molar-refractivity contribution in [2.75, 3.05) is 19.8 Å². The van der Waals surface area contributed by atoms with Gasteiger partial charge >= 0.3 is 5.97 Å². The molecule has 3 saturated heterocycles. The van der Waals surface area contributed by atoms with Crippen molar-refractivity contribution in [3.05, 3.63) is 42.0 Å². The largest absolute Gasteiger partial charge is 0.459 e. The molecule has 0 radical (unpaired) electrons. The van der Waals surface area contributed by atoms with Gasteiger partial charge in [-0.25, -0.2) is 4.79 Å². The SMILES string of the molecule is O=C(/C=C\c1ccccc1)OC[C@]12O[C@H]1[C@@H](O)[C@@H]1CCO[C@@H](O[C@@H]3O[C@H](CO)[C@@H](O)[C@H](O)[C@@H]3O)[C@@H]12. The highest BCUT2D eigenvalue weighted by Crippen LogP contribution is 2.60. The first-order chi connectivity index (χ1) is 16.9. The zero-order valence-electron chi connectivity index (χ0n) is 18.8. The number of epoxide rings is 1. The van der Waals surface area contributed by atoms with Crippen LogP contribution in [0.3, 0.4) is 0 Å². The summed E-state index contributed by atoms with van der Waals surface area (Å²) in [6.45, 7) is -0.461. The number of aliphatic hydroxyl groups excluding tert-OH is 5. The highest BCUT2D eigenvalue weighted by atomic mass is 16.8. The molecule has 11 atom stereocenters. The van der Waals surface area contributed by atoms with Crippen LogP contribution in [0.1, 0.15) is 12.0 Å². The van der Waals surface area contributed by atoms with Gasteiger partial charge < -0.3 is 49.2 Å². The molecule has 192 valence electrons. The topological polar surface area (TPSA) is 168 Å². The first-order valence-electron chi connectivity index (χ1n) is 11.7. The van der Waals surface area contributed by atoms with Crippen LogP contribution >= 0.6 is 0 Å². The summed E-state index contributed by atoms with van der Waals surface area (Å²) in [5.74, 6) is -1.39. The lowest BCUT2D eigenvalue weighted by atomic mass is 9.83. The molecule has 3 heterocycles. The van der Waals surface area contributed by atoms with Crippen molar-refractivity contribution in [2.24, 2.45) is 11.8 Å². The van der Waals surface area contributed by atoms with Gasteiger partial charge in [-0.2, -0.15) is 0 Å². The average molecular weight is 494 g/mol. The standard InChI is InChI=1S/C24H30O11/c25-10-14-18(28)19(29)20(30)23(33-14)34-22-16-13(8-9-31-22)17(27)21-24(16,35-21)11-32-15(26)7-6-12-4-2-1-3-5-12/h1-7,13-14,16-23,25,27-30H,8-11H2/b7-6-/t13-,14-,16-,17+,18-,19+,20+,21+,22+,23+,24-/m1/s1. The van der Waals surface area contributed by atoms with Gasteiger partial charge in [0.15, 0.2) is 12.6 Å². The fourth-order valence-corrected chi connectivity index (χ4v) is 5.44. The van der Waals surface area contributed by atoms with Crippen LogP contribution in [0.2, 0.25) is 0 Å². The molecule has 0 aromatic heterocycles. The number of carbonyl (C=O) groups excluding carboxylic acids is 1. The van der Waals surface area contributed by atoms with Crippen molar-refractivity contribution in [1.29, 1.82) is 0 Å². The molecule has 5 N–H and O–H groups in total. The van der Waals surface area contributed by atoms with Crippen molar-refractivity contribution in [2.45, 2.75) is 61.2 Å². The van der Waals surface area contributed by atoms with E-state index in [-0.39, 0.29) is 19.1 Å². The molecule has 5 rings (SSSR count). The van der Waals surface area contributed by atoms with E-state index in [4.69, 9.17) is 23.7 Å². The van der Waals surface area contributed by atoms with Crippen LogP contribution < -0.4 is 0 Å². The molecular formula is C24H30O11. The summed E-state index contributed by atoms with van der Waals surface area (Å²) in [5.41, 5.74) is -0.187. The third-order valence-corrected chi connectivity index (χ3v) is 7.34. The lowest BCUT2D eigenvalue weighted by Crippen LogP contribution is -2.61. The number of hydrogen-bond donors (Lipinski definition) is 5. The predicted octanol–water partition coefficient (Wildman–Crippen LogP) is -1.45. The molecule has 0 bridgehead atoms. The molecule has 1 saturated carbocycles. The molecule has 11 nitrogen and oxygen atoms in total. The Hall–Kier alpha value is -1.93. The summed E-state index contributed by atoms with van der Waals surface area (Å²) < 4.78 is 28.4. The molecule has 11 heteroatoms. The van der Waals surface area contributed by atoms with E-state index in [1.807, 2.05) is 30.3 Å². The molecule has 3 aliphatic heterocycles. The minimum Gasteiger partial charge on any atom is -0.459 e. The minimum atomic E-state index is -1.60. The van der Waals surface area contributed by atoms with Crippen molar-refractivity contribution < 1.29 is 54.0 Å². The lowest BCUT2D eigenvalue weighted by Gasteiger charge is -2.44. The number of hydrogen-bond acceptors (Lipinski definition) is 11. The van der Waals surface area contributed by atoms with Gasteiger partial charge in [0, 0.05) is 12.0 Å². The second-order valence-corrected chi connectivity index (χ2v) is 9.39.